The zero-order valence-corrected chi connectivity index (χ0v) is 10.7. The fourth-order valence-corrected chi connectivity index (χ4v) is 1.59. The summed E-state index contributed by atoms with van der Waals surface area (Å²) >= 11 is 0. The van der Waals surface area contributed by atoms with Gasteiger partial charge >= 0.3 is 0 Å². The summed E-state index contributed by atoms with van der Waals surface area (Å²) in [5.41, 5.74) is 6.70. The first kappa shape index (κ1) is 14.4. The lowest BCUT2D eigenvalue weighted by Crippen LogP contribution is -2.43. The SMILES string of the molecule is CCCCNC(=O)C(=O)[C@@H](N)Cc1ccccc1. The highest BCUT2D eigenvalue weighted by Gasteiger charge is 2.21. The second kappa shape index (κ2) is 7.61. The average molecular weight is 248 g/mol. The van der Waals surface area contributed by atoms with E-state index in [0.717, 1.165) is 18.4 Å². The minimum atomic E-state index is -0.769. The topological polar surface area (TPSA) is 72.2 Å². The van der Waals surface area contributed by atoms with Gasteiger partial charge in [-0.3, -0.25) is 9.59 Å². The molecule has 1 atom stereocenters. The molecular formula is C14H20N2O2. The van der Waals surface area contributed by atoms with Crippen molar-refractivity contribution < 1.29 is 9.59 Å². The second-order valence-electron chi connectivity index (χ2n) is 4.27. The molecule has 0 aromatic heterocycles. The van der Waals surface area contributed by atoms with Crippen molar-refractivity contribution in [2.45, 2.75) is 32.2 Å². The lowest BCUT2D eigenvalue weighted by Gasteiger charge is -2.10. The maximum absolute atomic E-state index is 11.7. The Kier molecular flexibility index (Phi) is 6.08. The highest BCUT2D eigenvalue weighted by atomic mass is 16.2. The van der Waals surface area contributed by atoms with Crippen molar-refractivity contribution in [3.05, 3.63) is 35.9 Å². The molecule has 98 valence electrons. The molecule has 4 heteroatoms. The van der Waals surface area contributed by atoms with Crippen LogP contribution in [-0.4, -0.2) is 24.3 Å². The van der Waals surface area contributed by atoms with Crippen molar-refractivity contribution in [2.75, 3.05) is 6.54 Å². The first-order chi connectivity index (χ1) is 8.65. The van der Waals surface area contributed by atoms with Crippen molar-refractivity contribution in [2.24, 2.45) is 5.73 Å². The molecule has 0 radical (unpaired) electrons. The van der Waals surface area contributed by atoms with Gasteiger partial charge in [-0.05, 0) is 18.4 Å². The molecule has 0 saturated heterocycles. The van der Waals surface area contributed by atoms with E-state index in [-0.39, 0.29) is 0 Å². The summed E-state index contributed by atoms with van der Waals surface area (Å²) in [5, 5.41) is 2.58. The normalized spacial score (nSPS) is 11.9. The van der Waals surface area contributed by atoms with Gasteiger partial charge in [0.2, 0.25) is 5.78 Å². The Morgan fingerprint density at radius 2 is 1.94 bits per heavy atom. The van der Waals surface area contributed by atoms with Gasteiger partial charge in [-0.15, -0.1) is 0 Å². The second-order valence-corrected chi connectivity index (χ2v) is 4.27. The van der Waals surface area contributed by atoms with Crippen LogP contribution in [0.3, 0.4) is 0 Å². The molecule has 0 aliphatic heterocycles. The van der Waals surface area contributed by atoms with Crippen molar-refractivity contribution in [3.8, 4) is 0 Å². The lowest BCUT2D eigenvalue weighted by atomic mass is 10.0. The van der Waals surface area contributed by atoms with E-state index in [0.29, 0.717) is 13.0 Å². The van der Waals surface area contributed by atoms with Crippen LogP contribution in [0.5, 0.6) is 0 Å². The highest BCUT2D eigenvalue weighted by molar-refractivity contribution is 6.38. The summed E-state index contributed by atoms with van der Waals surface area (Å²) in [5.74, 6) is -1.12. The number of nitrogens with two attached hydrogens (primary N) is 1. The Balaban J connectivity index is 2.43. The molecule has 0 fully saturated rings. The maximum atomic E-state index is 11.7. The Bertz CT molecular complexity index is 390. The summed E-state index contributed by atoms with van der Waals surface area (Å²) in [6.07, 6.45) is 2.23. The van der Waals surface area contributed by atoms with E-state index in [1.54, 1.807) is 0 Å². The quantitative estimate of drug-likeness (QED) is 0.559. The fourth-order valence-electron chi connectivity index (χ4n) is 1.59. The number of carbonyl (C=O) groups is 2. The molecule has 0 aliphatic carbocycles. The minimum Gasteiger partial charge on any atom is -0.349 e. The maximum Gasteiger partial charge on any atom is 0.289 e. The molecule has 0 bridgehead atoms. The van der Waals surface area contributed by atoms with Gasteiger partial charge in [0.25, 0.3) is 5.91 Å². The molecule has 18 heavy (non-hydrogen) atoms. The monoisotopic (exact) mass is 248 g/mol. The zero-order chi connectivity index (χ0) is 13.4. The van der Waals surface area contributed by atoms with Crippen LogP contribution in [0.2, 0.25) is 0 Å². The third-order valence-electron chi connectivity index (χ3n) is 2.67. The molecule has 0 saturated carbocycles. The summed E-state index contributed by atoms with van der Waals surface area (Å²) in [6, 6.07) is 8.68. The standard InChI is InChI=1S/C14H20N2O2/c1-2-3-9-16-14(18)13(17)12(15)10-11-7-5-4-6-8-11/h4-8,12H,2-3,9-10,15H2,1H3,(H,16,18)/t12-/m0/s1. The predicted molar refractivity (Wildman–Crippen MR) is 71.0 cm³/mol. The van der Waals surface area contributed by atoms with E-state index in [1.807, 2.05) is 37.3 Å². The van der Waals surface area contributed by atoms with Crippen molar-refractivity contribution in [1.82, 2.24) is 5.32 Å². The van der Waals surface area contributed by atoms with Crippen LogP contribution in [0.1, 0.15) is 25.3 Å². The van der Waals surface area contributed by atoms with Crippen LogP contribution in [0, 0.1) is 0 Å². The molecule has 1 rings (SSSR count). The number of hydrogen-bond donors (Lipinski definition) is 2. The van der Waals surface area contributed by atoms with Crippen molar-refractivity contribution >= 4 is 11.7 Å². The van der Waals surface area contributed by atoms with Gasteiger partial charge in [0.1, 0.15) is 0 Å². The molecule has 1 amide bonds. The molecule has 1 aromatic rings. The highest BCUT2D eigenvalue weighted by Crippen LogP contribution is 2.02. The summed E-state index contributed by atoms with van der Waals surface area (Å²) in [6.45, 7) is 2.55. The largest absolute Gasteiger partial charge is 0.349 e. The summed E-state index contributed by atoms with van der Waals surface area (Å²) in [7, 11) is 0. The number of ketones is 1. The number of hydrogen-bond acceptors (Lipinski definition) is 3. The van der Waals surface area contributed by atoms with Crippen LogP contribution in [0.25, 0.3) is 0 Å². The number of amides is 1. The number of carbonyl (C=O) groups excluding carboxylic acids is 2. The number of unbranched alkanes of at least 4 members (excludes halogenated alkanes) is 1. The third-order valence-corrected chi connectivity index (χ3v) is 2.67. The van der Waals surface area contributed by atoms with Gasteiger partial charge in [0, 0.05) is 6.54 Å². The van der Waals surface area contributed by atoms with Gasteiger partial charge in [0.15, 0.2) is 0 Å². The zero-order valence-electron chi connectivity index (χ0n) is 10.7. The number of Topliss-reactive ketones (excluding diaryl/α,β-unsaturated/α-hetero) is 1. The van der Waals surface area contributed by atoms with Crippen LogP contribution in [-0.2, 0) is 16.0 Å². The predicted octanol–water partition coefficient (Wildman–Crippen LogP) is 1.04. The van der Waals surface area contributed by atoms with E-state index in [4.69, 9.17) is 5.73 Å². The van der Waals surface area contributed by atoms with Crippen LogP contribution in [0.4, 0.5) is 0 Å². The van der Waals surface area contributed by atoms with Gasteiger partial charge in [0.05, 0.1) is 6.04 Å². The van der Waals surface area contributed by atoms with Gasteiger partial charge in [-0.25, -0.2) is 0 Å². The number of rotatable bonds is 7. The average Bonchev–Trinajstić information content (AvgIpc) is 2.39. The molecular weight excluding hydrogens is 228 g/mol. The van der Waals surface area contributed by atoms with Crippen molar-refractivity contribution in [3.63, 3.8) is 0 Å². The third kappa shape index (κ3) is 4.67. The smallest absolute Gasteiger partial charge is 0.289 e. The first-order valence-electron chi connectivity index (χ1n) is 6.26. The summed E-state index contributed by atoms with van der Waals surface area (Å²) < 4.78 is 0. The summed E-state index contributed by atoms with van der Waals surface area (Å²) in [4.78, 5) is 23.2. The Hall–Kier alpha value is -1.68. The lowest BCUT2D eigenvalue weighted by molar-refractivity contribution is -0.138. The molecule has 1 aromatic carbocycles. The van der Waals surface area contributed by atoms with E-state index >= 15 is 0 Å². The fraction of sp³-hybridized carbons (Fsp3) is 0.429. The molecule has 0 spiro atoms. The molecule has 0 unspecified atom stereocenters. The van der Waals surface area contributed by atoms with Gasteiger partial charge in [-0.2, -0.15) is 0 Å². The van der Waals surface area contributed by atoms with Gasteiger partial charge in [-0.1, -0.05) is 43.7 Å². The molecule has 0 heterocycles. The Morgan fingerprint density at radius 1 is 1.28 bits per heavy atom. The minimum absolute atomic E-state index is 0.390. The van der Waals surface area contributed by atoms with Crippen molar-refractivity contribution in [1.29, 1.82) is 0 Å². The Labute approximate surface area is 108 Å². The van der Waals surface area contributed by atoms with E-state index in [2.05, 4.69) is 5.32 Å². The van der Waals surface area contributed by atoms with Crippen LogP contribution >= 0.6 is 0 Å². The molecule has 4 nitrogen and oxygen atoms in total. The number of nitrogens with one attached hydrogen (secondary N) is 1. The van der Waals surface area contributed by atoms with Gasteiger partial charge < -0.3 is 11.1 Å². The molecule has 3 N–H and O–H groups in total. The van der Waals surface area contributed by atoms with Crippen LogP contribution < -0.4 is 11.1 Å². The molecule has 0 aliphatic rings. The Morgan fingerprint density at radius 3 is 2.56 bits per heavy atom. The van der Waals surface area contributed by atoms with E-state index < -0.39 is 17.7 Å². The first-order valence-corrected chi connectivity index (χ1v) is 6.26. The van der Waals surface area contributed by atoms with E-state index in [9.17, 15) is 9.59 Å². The number of benzene rings is 1. The van der Waals surface area contributed by atoms with Crippen LogP contribution in [0.15, 0.2) is 30.3 Å². The van der Waals surface area contributed by atoms with E-state index in [1.165, 1.54) is 0 Å².